The van der Waals surface area contributed by atoms with Crippen LogP contribution in [0.5, 0.6) is 0 Å². The van der Waals surface area contributed by atoms with Crippen molar-refractivity contribution < 1.29 is 5.11 Å². The SMILES string of the molecule is CC1=CCC[C@@]2(C)CC[C@@](O)(C(C)C)C[C@H]12. The van der Waals surface area contributed by atoms with Gasteiger partial charge in [0, 0.05) is 0 Å². The van der Waals surface area contributed by atoms with Gasteiger partial charge in [0.2, 0.25) is 0 Å². The van der Waals surface area contributed by atoms with Gasteiger partial charge in [-0.1, -0.05) is 32.4 Å². The first kappa shape index (κ1) is 12.2. The fourth-order valence-corrected chi connectivity index (χ4v) is 3.68. The molecule has 1 N–H and O–H groups in total. The molecule has 1 nitrogen and oxygen atoms in total. The average Bonchev–Trinajstić information content (AvgIpc) is 2.21. The van der Waals surface area contributed by atoms with Crippen LogP contribution >= 0.6 is 0 Å². The number of hydrogen-bond acceptors (Lipinski definition) is 1. The van der Waals surface area contributed by atoms with Crippen molar-refractivity contribution in [3.05, 3.63) is 11.6 Å². The Labute approximate surface area is 99.9 Å². The van der Waals surface area contributed by atoms with Gasteiger partial charge in [-0.25, -0.2) is 0 Å². The van der Waals surface area contributed by atoms with E-state index in [9.17, 15) is 5.11 Å². The number of fused-ring (bicyclic) bond motifs is 1. The molecule has 2 aliphatic carbocycles. The number of allylic oxidation sites excluding steroid dienone is 2. The highest BCUT2D eigenvalue weighted by molar-refractivity contribution is 5.16. The molecule has 0 amide bonds. The molecule has 0 aromatic carbocycles. The van der Waals surface area contributed by atoms with E-state index in [1.165, 1.54) is 24.8 Å². The summed E-state index contributed by atoms with van der Waals surface area (Å²) in [6.07, 6.45) is 8.09. The van der Waals surface area contributed by atoms with E-state index in [0.717, 1.165) is 12.8 Å². The van der Waals surface area contributed by atoms with Gasteiger partial charge >= 0.3 is 0 Å². The van der Waals surface area contributed by atoms with Crippen LogP contribution in [0.3, 0.4) is 0 Å². The van der Waals surface area contributed by atoms with Crippen molar-refractivity contribution in [3.63, 3.8) is 0 Å². The van der Waals surface area contributed by atoms with Gasteiger partial charge in [0.1, 0.15) is 0 Å². The summed E-state index contributed by atoms with van der Waals surface area (Å²) in [6, 6.07) is 0. The summed E-state index contributed by atoms with van der Waals surface area (Å²) in [4.78, 5) is 0. The first-order valence-corrected chi connectivity index (χ1v) is 6.76. The molecule has 0 aromatic rings. The van der Waals surface area contributed by atoms with E-state index >= 15 is 0 Å². The summed E-state index contributed by atoms with van der Waals surface area (Å²) >= 11 is 0. The minimum absolute atomic E-state index is 0.381. The molecule has 16 heavy (non-hydrogen) atoms. The van der Waals surface area contributed by atoms with Crippen LogP contribution in [0.25, 0.3) is 0 Å². The minimum atomic E-state index is -0.420. The summed E-state index contributed by atoms with van der Waals surface area (Å²) in [5.41, 5.74) is 1.56. The zero-order valence-electron chi connectivity index (χ0n) is 11.2. The zero-order valence-corrected chi connectivity index (χ0v) is 11.2. The molecule has 0 spiro atoms. The van der Waals surface area contributed by atoms with Crippen LogP contribution < -0.4 is 0 Å². The molecular weight excluding hydrogens is 196 g/mol. The molecule has 92 valence electrons. The van der Waals surface area contributed by atoms with Crippen molar-refractivity contribution in [2.24, 2.45) is 17.3 Å². The Morgan fingerprint density at radius 2 is 2.00 bits per heavy atom. The topological polar surface area (TPSA) is 20.2 Å². The smallest absolute Gasteiger partial charge is 0.0676 e. The lowest BCUT2D eigenvalue weighted by atomic mass is 9.55. The molecule has 0 heterocycles. The van der Waals surface area contributed by atoms with E-state index in [-0.39, 0.29) is 0 Å². The maximum Gasteiger partial charge on any atom is 0.0676 e. The molecule has 2 rings (SSSR count). The summed E-state index contributed by atoms with van der Waals surface area (Å²) in [7, 11) is 0. The van der Waals surface area contributed by atoms with Crippen LogP contribution in [0.2, 0.25) is 0 Å². The normalized spacial score (nSPS) is 44.1. The second-order valence-corrected chi connectivity index (χ2v) is 6.66. The lowest BCUT2D eigenvalue weighted by Crippen LogP contribution is -2.48. The molecule has 1 fully saturated rings. The lowest BCUT2D eigenvalue weighted by molar-refractivity contribution is -0.0883. The molecule has 0 bridgehead atoms. The van der Waals surface area contributed by atoms with Gasteiger partial charge in [0.25, 0.3) is 0 Å². The van der Waals surface area contributed by atoms with Gasteiger partial charge in [-0.3, -0.25) is 0 Å². The molecule has 0 unspecified atom stereocenters. The first-order chi connectivity index (χ1) is 7.37. The van der Waals surface area contributed by atoms with Crippen molar-refractivity contribution in [2.45, 2.75) is 65.4 Å². The molecule has 0 saturated heterocycles. The van der Waals surface area contributed by atoms with Crippen LogP contribution in [0, 0.1) is 17.3 Å². The third-order valence-corrected chi connectivity index (χ3v) is 5.33. The van der Waals surface area contributed by atoms with E-state index in [2.05, 4.69) is 33.8 Å². The Kier molecular flexibility index (Phi) is 2.94. The largest absolute Gasteiger partial charge is 0.390 e. The van der Waals surface area contributed by atoms with Gasteiger partial charge in [0.15, 0.2) is 0 Å². The van der Waals surface area contributed by atoms with Crippen molar-refractivity contribution in [1.82, 2.24) is 0 Å². The summed E-state index contributed by atoms with van der Waals surface area (Å²) in [5.74, 6) is 0.995. The first-order valence-electron chi connectivity index (χ1n) is 6.76. The Bertz CT molecular complexity index is 305. The molecule has 0 aromatic heterocycles. The fraction of sp³-hybridized carbons (Fsp3) is 0.867. The van der Waals surface area contributed by atoms with Crippen molar-refractivity contribution in [1.29, 1.82) is 0 Å². The quantitative estimate of drug-likeness (QED) is 0.667. The van der Waals surface area contributed by atoms with E-state index < -0.39 is 5.60 Å². The van der Waals surface area contributed by atoms with Crippen LogP contribution in [0.1, 0.15) is 59.8 Å². The highest BCUT2D eigenvalue weighted by Gasteiger charge is 2.48. The predicted molar refractivity (Wildman–Crippen MR) is 68.2 cm³/mol. The summed E-state index contributed by atoms with van der Waals surface area (Å²) in [6.45, 7) is 9.00. The maximum atomic E-state index is 10.7. The zero-order chi connectivity index (χ0) is 12.0. The number of aliphatic hydroxyl groups is 1. The molecule has 1 heteroatoms. The highest BCUT2D eigenvalue weighted by atomic mass is 16.3. The van der Waals surface area contributed by atoms with Crippen LogP contribution in [0.15, 0.2) is 11.6 Å². The van der Waals surface area contributed by atoms with E-state index in [1.54, 1.807) is 0 Å². The van der Waals surface area contributed by atoms with Crippen LogP contribution in [0.4, 0.5) is 0 Å². The second-order valence-electron chi connectivity index (χ2n) is 6.66. The Hall–Kier alpha value is -0.300. The number of rotatable bonds is 1. The fourth-order valence-electron chi connectivity index (χ4n) is 3.68. The summed E-state index contributed by atoms with van der Waals surface area (Å²) in [5, 5.41) is 10.7. The van der Waals surface area contributed by atoms with Gasteiger partial charge in [-0.2, -0.15) is 0 Å². The Morgan fingerprint density at radius 1 is 1.31 bits per heavy atom. The lowest BCUT2D eigenvalue weighted by Gasteiger charge is -2.52. The second kappa shape index (κ2) is 3.87. The summed E-state index contributed by atoms with van der Waals surface area (Å²) < 4.78 is 0. The molecule has 1 saturated carbocycles. The van der Waals surface area contributed by atoms with Crippen molar-refractivity contribution in [3.8, 4) is 0 Å². The van der Waals surface area contributed by atoms with Crippen molar-refractivity contribution in [2.75, 3.05) is 0 Å². The predicted octanol–water partition coefficient (Wildman–Crippen LogP) is 3.92. The monoisotopic (exact) mass is 222 g/mol. The Balaban J connectivity index is 2.24. The van der Waals surface area contributed by atoms with Crippen LogP contribution in [-0.2, 0) is 0 Å². The minimum Gasteiger partial charge on any atom is -0.390 e. The van der Waals surface area contributed by atoms with Gasteiger partial charge in [0.05, 0.1) is 5.60 Å². The number of hydrogen-bond donors (Lipinski definition) is 1. The molecule has 3 atom stereocenters. The van der Waals surface area contributed by atoms with Gasteiger partial charge in [-0.15, -0.1) is 0 Å². The third kappa shape index (κ3) is 1.84. The third-order valence-electron chi connectivity index (χ3n) is 5.33. The van der Waals surface area contributed by atoms with E-state index in [0.29, 0.717) is 17.3 Å². The maximum absolute atomic E-state index is 10.7. The Morgan fingerprint density at radius 3 is 2.62 bits per heavy atom. The average molecular weight is 222 g/mol. The molecular formula is C15H26O. The molecule has 0 aliphatic heterocycles. The van der Waals surface area contributed by atoms with Gasteiger partial charge in [-0.05, 0) is 56.3 Å². The van der Waals surface area contributed by atoms with E-state index in [4.69, 9.17) is 0 Å². The van der Waals surface area contributed by atoms with Crippen LogP contribution in [-0.4, -0.2) is 10.7 Å². The standard InChI is InChI=1S/C15H26O/c1-11(2)15(16)9-8-14(4)7-5-6-12(3)13(14)10-15/h6,11,13,16H,5,7-10H2,1-4H3/t13-,14+,15+/m1/s1. The molecule has 0 radical (unpaired) electrons. The van der Waals surface area contributed by atoms with Crippen molar-refractivity contribution >= 4 is 0 Å². The van der Waals surface area contributed by atoms with Gasteiger partial charge < -0.3 is 5.11 Å². The van der Waals surface area contributed by atoms with E-state index in [1.807, 2.05) is 0 Å². The highest BCUT2D eigenvalue weighted by Crippen LogP contribution is 2.54. The molecule has 2 aliphatic rings.